The van der Waals surface area contributed by atoms with Crippen LogP contribution in [-0.2, 0) is 6.42 Å². The molecule has 0 saturated carbocycles. The summed E-state index contributed by atoms with van der Waals surface area (Å²) in [6.07, 6.45) is 0.778. The third-order valence-corrected chi connectivity index (χ3v) is 2.42. The average Bonchev–Trinajstić information content (AvgIpc) is 2.31. The van der Waals surface area contributed by atoms with Crippen molar-refractivity contribution in [3.63, 3.8) is 0 Å². The summed E-state index contributed by atoms with van der Waals surface area (Å²) in [7, 11) is 0. The number of anilines is 1. The second-order valence-electron chi connectivity index (χ2n) is 3.81. The molecule has 3 heteroatoms. The van der Waals surface area contributed by atoms with Crippen LogP contribution in [0.25, 0.3) is 0 Å². The van der Waals surface area contributed by atoms with Crippen molar-refractivity contribution in [2.75, 3.05) is 5.32 Å². The first-order chi connectivity index (χ1) is 7.84. The topological polar surface area (TPSA) is 38.0 Å². The van der Waals surface area contributed by atoms with Crippen molar-refractivity contribution in [3.8, 4) is 0 Å². The molecule has 0 saturated heterocycles. The van der Waals surface area contributed by atoms with Gasteiger partial charge < -0.3 is 11.1 Å². The van der Waals surface area contributed by atoms with Gasteiger partial charge in [0.15, 0.2) is 0 Å². The van der Waals surface area contributed by atoms with E-state index >= 15 is 0 Å². The van der Waals surface area contributed by atoms with E-state index in [1.165, 1.54) is 5.56 Å². The number of nitrogens with two attached hydrogens (primary N) is 1. The maximum atomic E-state index is 6.03. The Kier molecular flexibility index (Phi) is 5.53. The van der Waals surface area contributed by atoms with E-state index in [1.807, 2.05) is 48.5 Å². The van der Waals surface area contributed by atoms with Crippen LogP contribution < -0.4 is 11.1 Å². The predicted molar refractivity (Wildman–Crippen MR) is 75.4 cm³/mol. The van der Waals surface area contributed by atoms with E-state index < -0.39 is 0 Å². The zero-order valence-corrected chi connectivity index (χ0v) is 10.4. The molecule has 1 unspecified atom stereocenters. The van der Waals surface area contributed by atoms with E-state index in [1.54, 1.807) is 0 Å². The zero-order valence-electron chi connectivity index (χ0n) is 9.54. The first-order valence-corrected chi connectivity index (χ1v) is 5.46. The molecule has 0 amide bonds. The highest BCUT2D eigenvalue weighted by Crippen LogP contribution is 2.08. The molecule has 17 heavy (non-hydrogen) atoms. The van der Waals surface area contributed by atoms with Gasteiger partial charge in [0, 0.05) is 12.1 Å². The van der Waals surface area contributed by atoms with Crippen LogP contribution in [0.4, 0.5) is 5.69 Å². The van der Waals surface area contributed by atoms with Gasteiger partial charge in [0.2, 0.25) is 0 Å². The van der Waals surface area contributed by atoms with E-state index in [9.17, 15) is 0 Å². The molecule has 0 aliphatic heterocycles. The Balaban J connectivity index is 0.00000144. The Morgan fingerprint density at radius 3 is 2.00 bits per heavy atom. The number of benzene rings is 2. The van der Waals surface area contributed by atoms with Crippen LogP contribution in [0.5, 0.6) is 0 Å². The average molecular weight is 249 g/mol. The van der Waals surface area contributed by atoms with Gasteiger partial charge in [0.25, 0.3) is 0 Å². The Hall–Kier alpha value is -1.51. The molecule has 0 radical (unpaired) electrons. The summed E-state index contributed by atoms with van der Waals surface area (Å²) in [6, 6.07) is 20.3. The lowest BCUT2D eigenvalue weighted by Gasteiger charge is -2.15. The van der Waals surface area contributed by atoms with Crippen molar-refractivity contribution in [1.82, 2.24) is 0 Å². The molecule has 2 nitrogen and oxygen atoms in total. The minimum atomic E-state index is -0.0511. The van der Waals surface area contributed by atoms with Crippen LogP contribution in [0, 0.1) is 0 Å². The molecule has 0 aliphatic carbocycles. The molecular formula is C14H17ClN2. The van der Waals surface area contributed by atoms with Gasteiger partial charge in [0.05, 0.1) is 6.17 Å². The van der Waals surface area contributed by atoms with Gasteiger partial charge in [-0.25, -0.2) is 0 Å². The lowest BCUT2D eigenvalue weighted by Crippen LogP contribution is -2.31. The third kappa shape index (κ3) is 4.47. The molecule has 2 rings (SSSR count). The highest BCUT2D eigenvalue weighted by molar-refractivity contribution is 5.85. The quantitative estimate of drug-likeness (QED) is 0.817. The lowest BCUT2D eigenvalue weighted by atomic mass is 10.1. The van der Waals surface area contributed by atoms with Gasteiger partial charge in [-0.05, 0) is 17.7 Å². The first kappa shape index (κ1) is 13.6. The molecule has 0 heterocycles. The molecule has 1 atom stereocenters. The number of hydrogen-bond acceptors (Lipinski definition) is 2. The van der Waals surface area contributed by atoms with Crippen molar-refractivity contribution >= 4 is 18.1 Å². The lowest BCUT2D eigenvalue weighted by molar-refractivity contribution is 0.754. The molecule has 0 fully saturated rings. The van der Waals surface area contributed by atoms with Crippen molar-refractivity contribution in [3.05, 3.63) is 66.2 Å². The van der Waals surface area contributed by atoms with Gasteiger partial charge in [-0.2, -0.15) is 0 Å². The number of hydrogen-bond donors (Lipinski definition) is 2. The monoisotopic (exact) mass is 248 g/mol. The van der Waals surface area contributed by atoms with Crippen LogP contribution >= 0.6 is 12.4 Å². The van der Waals surface area contributed by atoms with Gasteiger partial charge in [-0.15, -0.1) is 12.4 Å². The van der Waals surface area contributed by atoms with E-state index in [0.717, 1.165) is 12.1 Å². The highest BCUT2D eigenvalue weighted by Gasteiger charge is 2.02. The number of para-hydroxylation sites is 1. The maximum absolute atomic E-state index is 6.03. The summed E-state index contributed by atoms with van der Waals surface area (Å²) >= 11 is 0. The Labute approximate surface area is 108 Å². The normalized spacial score (nSPS) is 11.4. The zero-order chi connectivity index (χ0) is 11.2. The fourth-order valence-electron chi connectivity index (χ4n) is 1.67. The number of halogens is 1. The molecule has 0 spiro atoms. The summed E-state index contributed by atoms with van der Waals surface area (Å²) in [6.45, 7) is 0. The fourth-order valence-corrected chi connectivity index (χ4v) is 1.67. The SMILES string of the molecule is Cl.NC(Cc1ccccc1)Nc1ccccc1. The third-order valence-electron chi connectivity index (χ3n) is 2.42. The van der Waals surface area contributed by atoms with Crippen molar-refractivity contribution in [1.29, 1.82) is 0 Å². The minimum Gasteiger partial charge on any atom is -0.370 e. The second-order valence-corrected chi connectivity index (χ2v) is 3.81. The van der Waals surface area contributed by atoms with E-state index in [2.05, 4.69) is 17.4 Å². The predicted octanol–water partition coefficient (Wildman–Crippen LogP) is 3.05. The van der Waals surface area contributed by atoms with Crippen LogP contribution in [0.15, 0.2) is 60.7 Å². The Morgan fingerprint density at radius 1 is 0.882 bits per heavy atom. The smallest absolute Gasteiger partial charge is 0.0784 e. The molecule has 2 aromatic rings. The highest BCUT2D eigenvalue weighted by atomic mass is 35.5. The Bertz CT molecular complexity index is 375. The number of rotatable bonds is 4. The van der Waals surface area contributed by atoms with E-state index in [0.29, 0.717) is 0 Å². The molecule has 90 valence electrons. The molecule has 0 bridgehead atoms. The fraction of sp³-hybridized carbons (Fsp3) is 0.143. The molecule has 3 N–H and O–H groups in total. The van der Waals surface area contributed by atoms with Gasteiger partial charge in [-0.3, -0.25) is 0 Å². The van der Waals surface area contributed by atoms with Crippen LogP contribution in [-0.4, -0.2) is 6.17 Å². The summed E-state index contributed by atoms with van der Waals surface area (Å²) in [4.78, 5) is 0. The van der Waals surface area contributed by atoms with Crippen LogP contribution in [0.1, 0.15) is 5.56 Å². The molecule has 0 aromatic heterocycles. The summed E-state index contributed by atoms with van der Waals surface area (Å²) in [5, 5.41) is 3.27. The summed E-state index contributed by atoms with van der Waals surface area (Å²) in [5.41, 5.74) is 8.34. The maximum Gasteiger partial charge on any atom is 0.0784 e. The molecular weight excluding hydrogens is 232 g/mol. The summed E-state index contributed by atoms with van der Waals surface area (Å²) in [5.74, 6) is 0. The van der Waals surface area contributed by atoms with Crippen molar-refractivity contribution in [2.45, 2.75) is 12.6 Å². The van der Waals surface area contributed by atoms with E-state index in [4.69, 9.17) is 5.73 Å². The Morgan fingerprint density at radius 2 is 1.41 bits per heavy atom. The molecule has 2 aromatic carbocycles. The standard InChI is InChI=1S/C14H16N2.ClH/c15-14(11-12-7-3-1-4-8-12)16-13-9-5-2-6-10-13;/h1-10,14,16H,11,15H2;1H. The number of nitrogens with one attached hydrogen (secondary N) is 1. The largest absolute Gasteiger partial charge is 0.370 e. The van der Waals surface area contributed by atoms with Crippen LogP contribution in [0.3, 0.4) is 0 Å². The van der Waals surface area contributed by atoms with Crippen molar-refractivity contribution < 1.29 is 0 Å². The summed E-state index contributed by atoms with van der Waals surface area (Å²) < 4.78 is 0. The van der Waals surface area contributed by atoms with E-state index in [-0.39, 0.29) is 18.6 Å². The van der Waals surface area contributed by atoms with Crippen molar-refractivity contribution in [2.24, 2.45) is 5.73 Å². The minimum absolute atomic E-state index is 0. The molecule has 0 aliphatic rings. The van der Waals surface area contributed by atoms with Crippen LogP contribution in [0.2, 0.25) is 0 Å². The van der Waals surface area contributed by atoms with Gasteiger partial charge in [-0.1, -0.05) is 48.5 Å². The first-order valence-electron chi connectivity index (χ1n) is 5.46. The second kappa shape index (κ2) is 6.94. The van der Waals surface area contributed by atoms with Gasteiger partial charge in [0.1, 0.15) is 0 Å². The van der Waals surface area contributed by atoms with Gasteiger partial charge >= 0.3 is 0 Å².